The Bertz CT molecular complexity index is 1500. The van der Waals surface area contributed by atoms with E-state index in [2.05, 4.69) is 0 Å². The molecule has 0 aliphatic carbocycles. The van der Waals surface area contributed by atoms with E-state index in [0.717, 1.165) is 10.1 Å². The summed E-state index contributed by atoms with van der Waals surface area (Å²) in [6.07, 6.45) is -0.889. The number of hydrogen-bond donors (Lipinski definition) is 0. The second-order valence-corrected chi connectivity index (χ2v) is 8.34. The van der Waals surface area contributed by atoms with Gasteiger partial charge in [-0.05, 0) is 42.0 Å². The lowest BCUT2D eigenvalue weighted by Crippen LogP contribution is -2.37. The SMILES string of the molecule is COc1ccc(-c2c3c(=O)n(C)c(=O)n(C)c3c3n2CCO[C@H]3c2c(F)cccc2Cl)cc1. The molecule has 0 fully saturated rings. The molecule has 0 radical (unpaired) electrons. The van der Waals surface area contributed by atoms with E-state index < -0.39 is 23.2 Å². The molecule has 170 valence electrons. The highest BCUT2D eigenvalue weighted by Gasteiger charge is 2.35. The van der Waals surface area contributed by atoms with Crippen LogP contribution in [0, 0.1) is 5.82 Å². The van der Waals surface area contributed by atoms with Crippen molar-refractivity contribution in [3.63, 3.8) is 0 Å². The van der Waals surface area contributed by atoms with Gasteiger partial charge in [-0.15, -0.1) is 0 Å². The van der Waals surface area contributed by atoms with Gasteiger partial charge >= 0.3 is 5.69 Å². The minimum absolute atomic E-state index is 0.175. The lowest BCUT2D eigenvalue weighted by atomic mass is 10.0. The van der Waals surface area contributed by atoms with Crippen LogP contribution in [0.3, 0.4) is 0 Å². The molecule has 2 aromatic carbocycles. The van der Waals surface area contributed by atoms with Crippen molar-refractivity contribution in [1.29, 1.82) is 0 Å². The van der Waals surface area contributed by atoms with Crippen LogP contribution in [0.25, 0.3) is 22.2 Å². The predicted molar refractivity (Wildman–Crippen MR) is 124 cm³/mol. The van der Waals surface area contributed by atoms with Crippen LogP contribution in [0.4, 0.5) is 4.39 Å². The molecule has 5 rings (SSSR count). The van der Waals surface area contributed by atoms with Crippen LogP contribution in [0.1, 0.15) is 17.4 Å². The summed E-state index contributed by atoms with van der Waals surface area (Å²) in [7, 11) is 4.62. The predicted octanol–water partition coefficient (Wildman–Crippen LogP) is 3.63. The first-order chi connectivity index (χ1) is 15.8. The molecule has 3 heterocycles. The number of aryl methyl sites for hydroxylation is 1. The van der Waals surface area contributed by atoms with E-state index in [1.165, 1.54) is 23.7 Å². The Hall–Kier alpha value is -3.36. The maximum Gasteiger partial charge on any atom is 0.331 e. The Morgan fingerprint density at radius 3 is 2.48 bits per heavy atom. The maximum absolute atomic E-state index is 14.9. The van der Waals surface area contributed by atoms with Crippen LogP contribution in [0.15, 0.2) is 52.1 Å². The van der Waals surface area contributed by atoms with Gasteiger partial charge in [-0.1, -0.05) is 17.7 Å². The number of halogens is 2. The van der Waals surface area contributed by atoms with Crippen LogP contribution in [0.2, 0.25) is 5.02 Å². The molecule has 0 unspecified atom stereocenters. The topological polar surface area (TPSA) is 67.4 Å². The first-order valence-electron chi connectivity index (χ1n) is 10.4. The first kappa shape index (κ1) is 21.5. The zero-order chi connectivity index (χ0) is 23.4. The van der Waals surface area contributed by atoms with Gasteiger partial charge in [-0.25, -0.2) is 9.18 Å². The molecular formula is C24H21ClFN3O4. The summed E-state index contributed by atoms with van der Waals surface area (Å²) in [5, 5.41) is 0.574. The lowest BCUT2D eigenvalue weighted by molar-refractivity contribution is 0.0458. The standard InChI is InChI=1S/C24H21ClFN3O4/c1-27-20-18(23(30)28(2)24(27)31)19(13-7-9-14(32-3)10-8-13)29-11-12-33-22(21(20)29)17-15(25)5-4-6-16(17)26/h4-10,22H,11-12H2,1-3H3/t22-/m0/s1. The average molecular weight is 470 g/mol. The van der Waals surface area contributed by atoms with Crippen molar-refractivity contribution in [2.75, 3.05) is 13.7 Å². The van der Waals surface area contributed by atoms with Gasteiger partial charge in [0.05, 0.1) is 36.0 Å². The third kappa shape index (κ3) is 3.13. The normalized spacial score (nSPS) is 15.6. The molecule has 0 saturated carbocycles. The first-order valence-corrected chi connectivity index (χ1v) is 10.7. The van der Waals surface area contributed by atoms with Gasteiger partial charge in [-0.2, -0.15) is 0 Å². The van der Waals surface area contributed by atoms with E-state index >= 15 is 0 Å². The van der Waals surface area contributed by atoms with Gasteiger partial charge in [0.25, 0.3) is 5.56 Å². The van der Waals surface area contributed by atoms with Crippen molar-refractivity contribution in [3.8, 4) is 17.0 Å². The van der Waals surface area contributed by atoms with Crippen molar-refractivity contribution in [2.45, 2.75) is 12.6 Å². The molecule has 7 nitrogen and oxygen atoms in total. The molecule has 0 spiro atoms. The second kappa shape index (κ2) is 7.90. The van der Waals surface area contributed by atoms with Gasteiger partial charge in [-0.3, -0.25) is 13.9 Å². The van der Waals surface area contributed by atoms with Crippen LogP contribution in [-0.2, 0) is 25.4 Å². The molecule has 0 bridgehead atoms. The number of methoxy groups -OCH3 is 1. The number of benzene rings is 2. The summed E-state index contributed by atoms with van der Waals surface area (Å²) in [5.74, 6) is 0.156. The summed E-state index contributed by atoms with van der Waals surface area (Å²) in [6.45, 7) is 0.700. The van der Waals surface area contributed by atoms with E-state index in [1.54, 1.807) is 32.4 Å². The minimum Gasteiger partial charge on any atom is -0.497 e. The zero-order valence-electron chi connectivity index (χ0n) is 18.3. The lowest BCUT2D eigenvalue weighted by Gasteiger charge is -2.28. The van der Waals surface area contributed by atoms with Crippen molar-refractivity contribution in [1.82, 2.24) is 13.7 Å². The van der Waals surface area contributed by atoms with Crippen LogP contribution in [0.5, 0.6) is 5.75 Å². The maximum atomic E-state index is 14.9. The highest BCUT2D eigenvalue weighted by atomic mass is 35.5. The summed E-state index contributed by atoms with van der Waals surface area (Å²) in [6, 6.07) is 11.7. The van der Waals surface area contributed by atoms with E-state index in [-0.39, 0.29) is 17.2 Å². The molecule has 33 heavy (non-hydrogen) atoms. The monoisotopic (exact) mass is 469 g/mol. The summed E-state index contributed by atoms with van der Waals surface area (Å²) < 4.78 is 30.7. The fraction of sp³-hybridized carbons (Fsp3) is 0.250. The Kier molecular flexibility index (Phi) is 5.14. The van der Waals surface area contributed by atoms with Gasteiger partial charge in [0.1, 0.15) is 17.7 Å². The molecule has 0 saturated heterocycles. The van der Waals surface area contributed by atoms with Crippen LogP contribution >= 0.6 is 11.6 Å². The van der Waals surface area contributed by atoms with Gasteiger partial charge in [0.15, 0.2) is 0 Å². The number of ether oxygens (including phenoxy) is 2. The smallest absolute Gasteiger partial charge is 0.331 e. The fourth-order valence-electron chi connectivity index (χ4n) is 4.61. The largest absolute Gasteiger partial charge is 0.497 e. The van der Waals surface area contributed by atoms with Gasteiger partial charge < -0.3 is 14.0 Å². The third-order valence-electron chi connectivity index (χ3n) is 6.18. The molecule has 0 N–H and O–H groups in total. The van der Waals surface area contributed by atoms with Crippen molar-refractivity contribution < 1.29 is 13.9 Å². The van der Waals surface area contributed by atoms with Crippen molar-refractivity contribution in [2.24, 2.45) is 14.1 Å². The Labute approximate surface area is 193 Å². The second-order valence-electron chi connectivity index (χ2n) is 7.93. The number of aromatic nitrogens is 3. The number of hydrogen-bond acceptors (Lipinski definition) is 4. The molecule has 0 amide bonds. The zero-order valence-corrected chi connectivity index (χ0v) is 19.0. The van der Waals surface area contributed by atoms with E-state index in [4.69, 9.17) is 21.1 Å². The highest BCUT2D eigenvalue weighted by Crippen LogP contribution is 2.43. The van der Waals surface area contributed by atoms with Gasteiger partial charge in [0.2, 0.25) is 0 Å². The minimum atomic E-state index is -0.889. The average Bonchev–Trinajstić information content (AvgIpc) is 3.17. The fourth-order valence-corrected chi connectivity index (χ4v) is 4.87. The Morgan fingerprint density at radius 1 is 1.09 bits per heavy atom. The quantitative estimate of drug-likeness (QED) is 0.459. The Balaban J connectivity index is 1.94. The molecule has 4 aromatic rings. The van der Waals surface area contributed by atoms with Gasteiger partial charge in [0, 0.05) is 31.2 Å². The number of nitrogens with zero attached hydrogens (tertiary/aromatic N) is 3. The third-order valence-corrected chi connectivity index (χ3v) is 6.51. The van der Waals surface area contributed by atoms with Crippen LogP contribution < -0.4 is 16.0 Å². The molecule has 2 aromatic heterocycles. The molecular weight excluding hydrogens is 449 g/mol. The van der Waals surface area contributed by atoms with E-state index in [1.807, 2.05) is 16.7 Å². The molecule has 1 atom stereocenters. The summed E-state index contributed by atoms with van der Waals surface area (Å²) in [4.78, 5) is 26.2. The van der Waals surface area contributed by atoms with Crippen LogP contribution in [-0.4, -0.2) is 27.4 Å². The summed E-state index contributed by atoms with van der Waals surface area (Å²) in [5.41, 5.74) is 1.59. The molecule has 1 aliphatic heterocycles. The van der Waals surface area contributed by atoms with E-state index in [9.17, 15) is 14.0 Å². The molecule has 1 aliphatic rings. The van der Waals surface area contributed by atoms with E-state index in [0.29, 0.717) is 34.6 Å². The number of rotatable bonds is 3. The highest BCUT2D eigenvalue weighted by molar-refractivity contribution is 6.31. The summed E-state index contributed by atoms with van der Waals surface area (Å²) >= 11 is 6.39. The Morgan fingerprint density at radius 2 is 1.82 bits per heavy atom. The molecule has 9 heteroatoms. The van der Waals surface area contributed by atoms with Crippen molar-refractivity contribution in [3.05, 3.63) is 85.4 Å². The van der Waals surface area contributed by atoms with Crippen molar-refractivity contribution >= 4 is 22.5 Å². The number of fused-ring (bicyclic) bond motifs is 3.